The molecule has 1 atom stereocenters. The van der Waals surface area contributed by atoms with Gasteiger partial charge in [-0.15, -0.1) is 0 Å². The maximum Gasteiger partial charge on any atom is 0.264 e. The van der Waals surface area contributed by atoms with Crippen molar-refractivity contribution >= 4 is 39.1 Å². The summed E-state index contributed by atoms with van der Waals surface area (Å²) in [6, 6.07) is 30.4. The summed E-state index contributed by atoms with van der Waals surface area (Å²) in [6.07, 6.45) is 0.251. The second-order valence-electron chi connectivity index (χ2n) is 9.57. The van der Waals surface area contributed by atoms with E-state index in [1.807, 2.05) is 61.5 Å². The third kappa shape index (κ3) is 7.34. The van der Waals surface area contributed by atoms with Gasteiger partial charge in [0.05, 0.1) is 10.6 Å². The fourth-order valence-electron chi connectivity index (χ4n) is 4.57. The number of nitrogens with one attached hydrogen (secondary N) is 1. The van der Waals surface area contributed by atoms with Crippen LogP contribution in [0.25, 0.3) is 0 Å². The topological polar surface area (TPSA) is 86.8 Å². The lowest BCUT2D eigenvalue weighted by Crippen LogP contribution is -2.53. The zero-order valence-corrected chi connectivity index (χ0v) is 24.5. The quantitative estimate of drug-likeness (QED) is 0.260. The molecule has 0 spiro atoms. The Balaban J connectivity index is 1.79. The lowest BCUT2D eigenvalue weighted by molar-refractivity contribution is -0.139. The first-order valence-corrected chi connectivity index (χ1v) is 15.0. The van der Waals surface area contributed by atoms with Crippen molar-refractivity contribution in [1.29, 1.82) is 0 Å². The molecule has 0 unspecified atom stereocenters. The van der Waals surface area contributed by atoms with Crippen LogP contribution in [0, 0.1) is 6.92 Å². The summed E-state index contributed by atoms with van der Waals surface area (Å²) in [6.45, 7) is 1.51. The molecule has 7 nitrogen and oxygen atoms in total. The van der Waals surface area contributed by atoms with E-state index in [0.29, 0.717) is 5.02 Å². The minimum atomic E-state index is -4.16. The molecule has 0 aromatic heterocycles. The van der Waals surface area contributed by atoms with Gasteiger partial charge in [-0.05, 0) is 53.9 Å². The summed E-state index contributed by atoms with van der Waals surface area (Å²) in [5.41, 5.74) is 2.91. The molecule has 0 aliphatic rings. The Morgan fingerprint density at radius 1 is 0.854 bits per heavy atom. The molecule has 0 bridgehead atoms. The first-order valence-electron chi connectivity index (χ1n) is 13.1. The number of carbonyl (C=O) groups excluding carboxylic acids is 2. The van der Waals surface area contributed by atoms with Gasteiger partial charge < -0.3 is 10.2 Å². The highest BCUT2D eigenvalue weighted by atomic mass is 35.5. The van der Waals surface area contributed by atoms with E-state index < -0.39 is 28.5 Å². The average Bonchev–Trinajstić information content (AvgIpc) is 2.99. The fourth-order valence-corrected chi connectivity index (χ4v) is 6.18. The van der Waals surface area contributed by atoms with Gasteiger partial charge >= 0.3 is 0 Å². The van der Waals surface area contributed by atoms with Gasteiger partial charge in [-0.2, -0.15) is 0 Å². The second-order valence-corrected chi connectivity index (χ2v) is 11.9. The van der Waals surface area contributed by atoms with Gasteiger partial charge in [0.1, 0.15) is 12.6 Å². The van der Waals surface area contributed by atoms with Gasteiger partial charge in [-0.1, -0.05) is 90.5 Å². The van der Waals surface area contributed by atoms with Gasteiger partial charge in [0.2, 0.25) is 11.8 Å². The van der Waals surface area contributed by atoms with Crippen LogP contribution in [-0.2, 0) is 32.6 Å². The van der Waals surface area contributed by atoms with E-state index in [0.717, 1.165) is 21.0 Å². The molecule has 0 fully saturated rings. The molecule has 0 radical (unpaired) electrons. The molecule has 0 saturated carbocycles. The molecule has 0 saturated heterocycles. The number of sulfonamides is 1. The van der Waals surface area contributed by atoms with Gasteiger partial charge in [-0.25, -0.2) is 8.42 Å². The number of benzene rings is 4. The zero-order chi connectivity index (χ0) is 29.4. The average molecular weight is 590 g/mol. The zero-order valence-electron chi connectivity index (χ0n) is 22.9. The van der Waals surface area contributed by atoms with Gasteiger partial charge in [0.25, 0.3) is 10.0 Å². The lowest BCUT2D eigenvalue weighted by Gasteiger charge is -2.34. The van der Waals surface area contributed by atoms with Crippen molar-refractivity contribution in [2.75, 3.05) is 17.9 Å². The van der Waals surface area contributed by atoms with Crippen molar-refractivity contribution < 1.29 is 18.0 Å². The monoisotopic (exact) mass is 589 g/mol. The number of halogens is 1. The molecular weight excluding hydrogens is 558 g/mol. The van der Waals surface area contributed by atoms with E-state index in [1.165, 1.54) is 30.1 Å². The molecule has 0 aliphatic heterocycles. The van der Waals surface area contributed by atoms with E-state index in [9.17, 15) is 18.0 Å². The number of nitrogens with zero attached hydrogens (tertiary/aromatic N) is 2. The van der Waals surface area contributed by atoms with Crippen LogP contribution >= 0.6 is 11.6 Å². The molecule has 4 aromatic carbocycles. The van der Waals surface area contributed by atoms with Crippen molar-refractivity contribution in [2.45, 2.75) is 30.8 Å². The van der Waals surface area contributed by atoms with Crippen molar-refractivity contribution in [3.63, 3.8) is 0 Å². The molecule has 4 aromatic rings. The number of carbonyl (C=O) groups is 2. The fraction of sp³-hybridized carbons (Fsp3) is 0.188. The van der Waals surface area contributed by atoms with E-state index in [-0.39, 0.29) is 29.5 Å². The van der Waals surface area contributed by atoms with Crippen LogP contribution in [0.15, 0.2) is 114 Å². The number of amides is 2. The Morgan fingerprint density at radius 2 is 1.49 bits per heavy atom. The molecule has 4 rings (SSSR count). The molecule has 0 heterocycles. The Kier molecular flexibility index (Phi) is 9.81. The molecule has 41 heavy (non-hydrogen) atoms. The van der Waals surface area contributed by atoms with E-state index in [4.69, 9.17) is 11.6 Å². The van der Waals surface area contributed by atoms with Crippen molar-refractivity contribution in [3.05, 3.63) is 131 Å². The molecule has 0 aliphatic carbocycles. The van der Waals surface area contributed by atoms with E-state index in [1.54, 1.807) is 36.4 Å². The predicted octanol–water partition coefficient (Wildman–Crippen LogP) is 5.23. The van der Waals surface area contributed by atoms with E-state index >= 15 is 0 Å². The van der Waals surface area contributed by atoms with E-state index in [2.05, 4.69) is 5.32 Å². The number of hydrogen-bond acceptors (Lipinski definition) is 4. The standard InChI is InChI=1S/C32H32ClN3O4S/c1-24-12-9-10-15-26(24)22-35(30(32(38)34-2)20-25-13-5-3-6-14-25)31(37)23-36(28-17-11-16-27(33)21-28)41(39,40)29-18-7-4-8-19-29/h3-19,21,30H,20,22-23H2,1-2H3,(H,34,38)/t30-/m0/s1. The minimum Gasteiger partial charge on any atom is -0.357 e. The molecule has 2 amide bonds. The van der Waals surface area contributed by atoms with Crippen molar-refractivity contribution in [1.82, 2.24) is 10.2 Å². The van der Waals surface area contributed by atoms with Gasteiger partial charge in [0.15, 0.2) is 0 Å². The Morgan fingerprint density at radius 3 is 2.12 bits per heavy atom. The Hall–Kier alpha value is -4.14. The summed E-state index contributed by atoms with van der Waals surface area (Å²) in [4.78, 5) is 29.1. The number of rotatable bonds is 11. The largest absolute Gasteiger partial charge is 0.357 e. The number of aryl methyl sites for hydroxylation is 1. The van der Waals surface area contributed by atoms with Crippen molar-refractivity contribution in [3.8, 4) is 0 Å². The molecule has 212 valence electrons. The Labute approximate surface area is 246 Å². The lowest BCUT2D eigenvalue weighted by atomic mass is 10.0. The smallest absolute Gasteiger partial charge is 0.264 e. The third-order valence-electron chi connectivity index (χ3n) is 6.83. The van der Waals surface area contributed by atoms with Crippen LogP contribution in [0.2, 0.25) is 5.02 Å². The van der Waals surface area contributed by atoms with Crippen LogP contribution in [0.3, 0.4) is 0 Å². The third-order valence-corrected chi connectivity index (χ3v) is 8.85. The summed E-state index contributed by atoms with van der Waals surface area (Å²) in [5, 5.41) is 3.01. The normalized spacial score (nSPS) is 11.9. The minimum absolute atomic E-state index is 0.0327. The highest BCUT2D eigenvalue weighted by molar-refractivity contribution is 7.92. The number of hydrogen-bond donors (Lipinski definition) is 1. The molecular formula is C32H32ClN3O4S. The maximum atomic E-state index is 14.3. The number of anilines is 1. The van der Waals surface area contributed by atoms with Crippen LogP contribution < -0.4 is 9.62 Å². The van der Waals surface area contributed by atoms with Gasteiger partial charge in [-0.3, -0.25) is 13.9 Å². The SMILES string of the molecule is CNC(=O)[C@H](Cc1ccccc1)N(Cc1ccccc1C)C(=O)CN(c1cccc(Cl)c1)S(=O)(=O)c1ccccc1. The van der Waals surface area contributed by atoms with Crippen molar-refractivity contribution in [2.24, 2.45) is 0 Å². The van der Waals surface area contributed by atoms with Crippen LogP contribution in [0.4, 0.5) is 5.69 Å². The predicted molar refractivity (Wildman–Crippen MR) is 162 cm³/mol. The maximum absolute atomic E-state index is 14.3. The highest BCUT2D eigenvalue weighted by Gasteiger charge is 2.34. The van der Waals surface area contributed by atoms with Crippen LogP contribution in [-0.4, -0.2) is 44.8 Å². The van der Waals surface area contributed by atoms with Crippen LogP contribution in [0.5, 0.6) is 0 Å². The summed E-state index contributed by atoms with van der Waals surface area (Å²) < 4.78 is 28.8. The molecule has 1 N–H and O–H groups in total. The highest BCUT2D eigenvalue weighted by Crippen LogP contribution is 2.27. The van der Waals surface area contributed by atoms with Gasteiger partial charge in [0, 0.05) is 25.0 Å². The number of likely N-dealkylation sites (N-methyl/N-ethyl adjacent to an activating group) is 1. The van der Waals surface area contributed by atoms with Crippen LogP contribution in [0.1, 0.15) is 16.7 Å². The summed E-state index contributed by atoms with van der Waals surface area (Å²) >= 11 is 6.24. The summed E-state index contributed by atoms with van der Waals surface area (Å²) in [7, 11) is -2.64. The first kappa shape index (κ1) is 29.8. The molecule has 9 heteroatoms. The Bertz CT molecular complexity index is 1600. The second kappa shape index (κ2) is 13.5. The first-order chi connectivity index (χ1) is 19.7. The summed E-state index contributed by atoms with van der Waals surface area (Å²) in [5.74, 6) is -0.881.